The maximum Gasteiger partial charge on any atom is 0.228 e. The largest absolute Gasteiger partial charge is 0.350 e. The van der Waals surface area contributed by atoms with Gasteiger partial charge in [-0.05, 0) is 32.0 Å². The van der Waals surface area contributed by atoms with Crippen LogP contribution in [0.25, 0.3) is 0 Å². The molecule has 0 saturated carbocycles. The summed E-state index contributed by atoms with van der Waals surface area (Å²) in [6, 6.07) is 5.95. The summed E-state index contributed by atoms with van der Waals surface area (Å²) in [4.78, 5) is 23.6. The molecule has 0 bridgehead atoms. The lowest BCUT2D eigenvalue weighted by molar-refractivity contribution is -0.123. The Balaban J connectivity index is 1.72. The van der Waals surface area contributed by atoms with Crippen LogP contribution in [0.2, 0.25) is 0 Å². The number of likely N-dealkylation sites (tertiary alicyclic amines) is 1. The number of aryl methyl sites for hydroxylation is 1. The van der Waals surface area contributed by atoms with E-state index in [1.54, 1.807) is 6.20 Å². The molecule has 24 heavy (non-hydrogen) atoms. The Bertz CT molecular complexity index is 674. The summed E-state index contributed by atoms with van der Waals surface area (Å²) in [6.07, 6.45) is 8.35. The zero-order chi connectivity index (χ0) is 17.0. The first kappa shape index (κ1) is 16.6. The topological polar surface area (TPSA) is 63.1 Å². The SMILES string of the molecule is CN1CCC(Cc2ccccn2)(NC(=O)Cc2nccn2C)CC1. The van der Waals surface area contributed by atoms with Crippen molar-refractivity contribution >= 4 is 5.91 Å². The predicted octanol–water partition coefficient (Wildman–Crippen LogP) is 1.18. The van der Waals surface area contributed by atoms with E-state index in [4.69, 9.17) is 0 Å². The highest BCUT2D eigenvalue weighted by Crippen LogP contribution is 2.25. The Kier molecular flexibility index (Phi) is 4.94. The van der Waals surface area contributed by atoms with Gasteiger partial charge in [0.2, 0.25) is 5.91 Å². The van der Waals surface area contributed by atoms with Crippen molar-refractivity contribution in [1.29, 1.82) is 0 Å². The van der Waals surface area contributed by atoms with Crippen LogP contribution in [0.4, 0.5) is 0 Å². The molecule has 1 N–H and O–H groups in total. The molecule has 3 rings (SSSR count). The summed E-state index contributed by atoms with van der Waals surface area (Å²) in [5.74, 6) is 0.818. The molecule has 1 amide bonds. The number of amides is 1. The highest BCUT2D eigenvalue weighted by molar-refractivity contribution is 5.78. The summed E-state index contributed by atoms with van der Waals surface area (Å²) in [5, 5.41) is 3.31. The van der Waals surface area contributed by atoms with Crippen molar-refractivity contribution in [2.24, 2.45) is 7.05 Å². The van der Waals surface area contributed by atoms with Crippen molar-refractivity contribution in [2.45, 2.75) is 31.2 Å². The van der Waals surface area contributed by atoms with E-state index in [2.05, 4.69) is 27.2 Å². The average Bonchev–Trinajstić information content (AvgIpc) is 2.96. The maximum atomic E-state index is 12.6. The second-order valence-corrected chi connectivity index (χ2v) is 6.76. The number of carbonyl (C=O) groups is 1. The second-order valence-electron chi connectivity index (χ2n) is 6.76. The highest BCUT2D eigenvalue weighted by Gasteiger charge is 2.35. The van der Waals surface area contributed by atoms with Gasteiger partial charge in [0.1, 0.15) is 5.82 Å². The van der Waals surface area contributed by atoms with Crippen LogP contribution in [0.1, 0.15) is 24.4 Å². The normalized spacial score (nSPS) is 17.6. The Morgan fingerprint density at radius 2 is 2.00 bits per heavy atom. The Hall–Kier alpha value is -2.21. The fourth-order valence-corrected chi connectivity index (χ4v) is 3.29. The van der Waals surface area contributed by atoms with Crippen LogP contribution >= 0.6 is 0 Å². The van der Waals surface area contributed by atoms with Crippen LogP contribution < -0.4 is 5.32 Å². The van der Waals surface area contributed by atoms with E-state index in [0.717, 1.165) is 43.9 Å². The first-order valence-electron chi connectivity index (χ1n) is 8.42. The van der Waals surface area contributed by atoms with Crippen molar-refractivity contribution < 1.29 is 4.79 Å². The van der Waals surface area contributed by atoms with Gasteiger partial charge in [-0.2, -0.15) is 0 Å². The molecular weight excluding hydrogens is 302 g/mol. The van der Waals surface area contributed by atoms with Crippen LogP contribution in [-0.2, 0) is 24.7 Å². The molecule has 0 spiro atoms. The summed E-state index contributed by atoms with van der Waals surface area (Å²) in [7, 11) is 4.04. The monoisotopic (exact) mass is 327 g/mol. The Morgan fingerprint density at radius 3 is 2.62 bits per heavy atom. The average molecular weight is 327 g/mol. The Labute approximate surface area is 142 Å². The molecule has 128 valence electrons. The number of nitrogens with one attached hydrogen (secondary N) is 1. The molecule has 0 unspecified atom stereocenters. The van der Waals surface area contributed by atoms with Crippen molar-refractivity contribution in [3.05, 3.63) is 48.3 Å². The summed E-state index contributed by atoms with van der Waals surface area (Å²) >= 11 is 0. The maximum absolute atomic E-state index is 12.6. The predicted molar refractivity (Wildman–Crippen MR) is 92.5 cm³/mol. The van der Waals surface area contributed by atoms with Crippen molar-refractivity contribution in [1.82, 2.24) is 24.8 Å². The van der Waals surface area contributed by atoms with E-state index in [0.29, 0.717) is 6.42 Å². The fourth-order valence-electron chi connectivity index (χ4n) is 3.29. The number of aromatic nitrogens is 3. The van der Waals surface area contributed by atoms with Crippen molar-refractivity contribution in [3.8, 4) is 0 Å². The molecular formula is C18H25N5O. The van der Waals surface area contributed by atoms with Crippen LogP contribution in [0.3, 0.4) is 0 Å². The smallest absolute Gasteiger partial charge is 0.228 e. The van der Waals surface area contributed by atoms with Gasteiger partial charge in [0.25, 0.3) is 0 Å². The zero-order valence-corrected chi connectivity index (χ0v) is 14.4. The third-order valence-electron chi connectivity index (χ3n) is 4.83. The third kappa shape index (κ3) is 4.00. The van der Waals surface area contributed by atoms with Gasteiger partial charge in [-0.15, -0.1) is 0 Å². The van der Waals surface area contributed by atoms with Gasteiger partial charge < -0.3 is 14.8 Å². The number of nitrogens with zero attached hydrogens (tertiary/aromatic N) is 4. The minimum absolute atomic E-state index is 0.0322. The number of carbonyl (C=O) groups excluding carboxylic acids is 1. The number of hydrogen-bond acceptors (Lipinski definition) is 4. The van der Waals surface area contributed by atoms with E-state index in [1.165, 1.54) is 0 Å². The van der Waals surface area contributed by atoms with E-state index >= 15 is 0 Å². The van der Waals surface area contributed by atoms with Crippen molar-refractivity contribution in [2.75, 3.05) is 20.1 Å². The standard InChI is InChI=1S/C18H25N5O/c1-22-10-6-18(7-11-22,14-15-5-3-4-8-19-15)21-17(24)13-16-20-9-12-23(16)2/h3-5,8-9,12H,6-7,10-11,13-14H2,1-2H3,(H,21,24). The van der Waals surface area contributed by atoms with Crippen LogP contribution in [0, 0.1) is 0 Å². The van der Waals surface area contributed by atoms with Gasteiger partial charge in [-0.3, -0.25) is 9.78 Å². The van der Waals surface area contributed by atoms with Crippen LogP contribution in [-0.4, -0.2) is 51.0 Å². The quantitative estimate of drug-likeness (QED) is 0.896. The molecule has 0 radical (unpaired) electrons. The lowest BCUT2D eigenvalue weighted by atomic mass is 9.83. The van der Waals surface area contributed by atoms with E-state index < -0.39 is 0 Å². The minimum atomic E-state index is -0.219. The number of pyridine rings is 1. The van der Waals surface area contributed by atoms with Crippen LogP contribution in [0.5, 0.6) is 0 Å². The second kappa shape index (κ2) is 7.13. The molecule has 3 heterocycles. The molecule has 6 nitrogen and oxygen atoms in total. The van der Waals surface area contributed by atoms with Gasteiger partial charge in [-0.1, -0.05) is 6.07 Å². The first-order valence-corrected chi connectivity index (χ1v) is 8.42. The molecule has 1 saturated heterocycles. The molecule has 6 heteroatoms. The summed E-state index contributed by atoms with van der Waals surface area (Å²) < 4.78 is 1.89. The third-order valence-corrected chi connectivity index (χ3v) is 4.83. The Morgan fingerprint density at radius 1 is 1.21 bits per heavy atom. The van der Waals surface area contributed by atoms with Crippen LogP contribution in [0.15, 0.2) is 36.8 Å². The van der Waals surface area contributed by atoms with E-state index in [9.17, 15) is 4.79 Å². The zero-order valence-electron chi connectivity index (χ0n) is 14.4. The van der Waals surface area contributed by atoms with E-state index in [1.807, 2.05) is 42.2 Å². The molecule has 0 aromatic carbocycles. The van der Waals surface area contributed by atoms with Crippen molar-refractivity contribution in [3.63, 3.8) is 0 Å². The lowest BCUT2D eigenvalue weighted by Gasteiger charge is -2.41. The molecule has 2 aromatic heterocycles. The van der Waals surface area contributed by atoms with Gasteiger partial charge in [-0.25, -0.2) is 4.98 Å². The molecule has 0 atom stereocenters. The molecule has 1 fully saturated rings. The van der Waals surface area contributed by atoms with Gasteiger partial charge in [0, 0.05) is 56.4 Å². The van der Waals surface area contributed by atoms with Gasteiger partial charge >= 0.3 is 0 Å². The van der Waals surface area contributed by atoms with Gasteiger partial charge in [0.15, 0.2) is 0 Å². The number of hydrogen-bond donors (Lipinski definition) is 1. The number of piperidine rings is 1. The van der Waals surface area contributed by atoms with Gasteiger partial charge in [0.05, 0.1) is 6.42 Å². The van der Waals surface area contributed by atoms with E-state index in [-0.39, 0.29) is 11.4 Å². The highest BCUT2D eigenvalue weighted by atomic mass is 16.1. The molecule has 1 aliphatic rings. The minimum Gasteiger partial charge on any atom is -0.350 e. The fraction of sp³-hybridized carbons (Fsp3) is 0.500. The summed E-state index contributed by atoms with van der Waals surface area (Å²) in [6.45, 7) is 1.96. The molecule has 1 aliphatic heterocycles. The lowest BCUT2D eigenvalue weighted by Crippen LogP contribution is -2.56. The first-order chi connectivity index (χ1) is 11.6. The number of imidazole rings is 1. The molecule has 2 aromatic rings. The summed E-state index contributed by atoms with van der Waals surface area (Å²) in [5.41, 5.74) is 0.808. The molecule has 0 aliphatic carbocycles. The number of rotatable bonds is 5.